The molecule has 0 saturated carbocycles. The van der Waals surface area contributed by atoms with E-state index in [0.717, 1.165) is 0 Å². The van der Waals surface area contributed by atoms with Crippen molar-refractivity contribution in [2.45, 2.75) is 19.9 Å². The summed E-state index contributed by atoms with van der Waals surface area (Å²) < 4.78 is 15.4. The van der Waals surface area contributed by atoms with Gasteiger partial charge in [0.1, 0.15) is 18.1 Å². The van der Waals surface area contributed by atoms with Crippen molar-refractivity contribution in [3.63, 3.8) is 0 Å². The summed E-state index contributed by atoms with van der Waals surface area (Å²) in [4.78, 5) is 22.5. The Kier molecular flexibility index (Phi) is 6.36. The Hall–Kier alpha value is -2.24. The maximum atomic E-state index is 11.5. The number of methoxy groups -OCH3 is 1. The topological polar surface area (TPSA) is 73.9 Å². The highest BCUT2D eigenvalue weighted by Crippen LogP contribution is 2.19. The van der Waals surface area contributed by atoms with Gasteiger partial charge < -0.3 is 19.5 Å². The molecule has 1 N–H and O–H groups in total. The molecular weight excluding hydrogens is 262 g/mol. The second kappa shape index (κ2) is 8.04. The molecule has 6 heteroatoms. The van der Waals surface area contributed by atoms with E-state index in [0.29, 0.717) is 18.1 Å². The highest BCUT2D eigenvalue weighted by molar-refractivity contribution is 5.83. The number of benzene rings is 1. The van der Waals surface area contributed by atoms with Crippen LogP contribution >= 0.6 is 0 Å². The Labute approximate surface area is 118 Å². The predicted octanol–water partition coefficient (Wildman–Crippen LogP) is 1.14. The first-order valence-corrected chi connectivity index (χ1v) is 6.27. The normalized spacial score (nSPS) is 11.3. The van der Waals surface area contributed by atoms with Crippen LogP contribution in [0.2, 0.25) is 0 Å². The molecule has 20 heavy (non-hydrogen) atoms. The third kappa shape index (κ3) is 5.17. The first-order chi connectivity index (χ1) is 9.56. The van der Waals surface area contributed by atoms with Crippen LogP contribution in [0.5, 0.6) is 11.5 Å². The van der Waals surface area contributed by atoms with E-state index in [1.54, 1.807) is 18.2 Å². The molecule has 0 aliphatic rings. The first-order valence-electron chi connectivity index (χ1n) is 6.27. The van der Waals surface area contributed by atoms with Crippen LogP contribution in [0.25, 0.3) is 0 Å². The average molecular weight is 281 g/mol. The number of carbonyl (C=O) groups is 2. The van der Waals surface area contributed by atoms with Crippen molar-refractivity contribution in [2.24, 2.45) is 0 Å². The Morgan fingerprint density at radius 3 is 2.45 bits per heavy atom. The van der Waals surface area contributed by atoms with E-state index in [1.165, 1.54) is 14.0 Å². The summed E-state index contributed by atoms with van der Waals surface area (Å²) >= 11 is 0. The van der Waals surface area contributed by atoms with Crippen LogP contribution in [0.15, 0.2) is 24.3 Å². The van der Waals surface area contributed by atoms with E-state index in [1.807, 2.05) is 13.0 Å². The van der Waals surface area contributed by atoms with Gasteiger partial charge in [-0.1, -0.05) is 6.07 Å². The molecule has 0 radical (unpaired) electrons. The van der Waals surface area contributed by atoms with Crippen molar-refractivity contribution in [3.8, 4) is 11.5 Å². The molecule has 0 aliphatic heterocycles. The summed E-state index contributed by atoms with van der Waals surface area (Å²) in [6, 6.07) is 6.21. The predicted molar refractivity (Wildman–Crippen MR) is 72.7 cm³/mol. The average Bonchev–Trinajstić information content (AvgIpc) is 2.43. The van der Waals surface area contributed by atoms with Crippen molar-refractivity contribution in [1.82, 2.24) is 5.32 Å². The minimum absolute atomic E-state index is 0.0121. The molecule has 1 atom stereocenters. The van der Waals surface area contributed by atoms with Gasteiger partial charge in [0.05, 0.1) is 13.7 Å². The van der Waals surface area contributed by atoms with Gasteiger partial charge in [0.15, 0.2) is 6.04 Å². The van der Waals surface area contributed by atoms with Gasteiger partial charge in [-0.2, -0.15) is 0 Å². The van der Waals surface area contributed by atoms with E-state index in [9.17, 15) is 9.59 Å². The fourth-order valence-electron chi connectivity index (χ4n) is 1.56. The largest absolute Gasteiger partial charge is 0.494 e. The number of hydrogen-bond acceptors (Lipinski definition) is 5. The standard InChI is InChI=1S/C14H19NO5/c1-4-19-11-6-5-7-12(8-11)20-9-13(14(17)18-3)15-10(2)16/h5-8,13H,4,9H2,1-3H3,(H,15,16). The van der Waals surface area contributed by atoms with Crippen molar-refractivity contribution >= 4 is 11.9 Å². The van der Waals surface area contributed by atoms with Crippen LogP contribution in [0, 0.1) is 0 Å². The summed E-state index contributed by atoms with van der Waals surface area (Å²) in [7, 11) is 1.26. The van der Waals surface area contributed by atoms with E-state index < -0.39 is 12.0 Å². The molecule has 0 aromatic heterocycles. The van der Waals surface area contributed by atoms with E-state index in [-0.39, 0.29) is 12.5 Å². The lowest BCUT2D eigenvalue weighted by Gasteiger charge is -2.16. The highest BCUT2D eigenvalue weighted by atomic mass is 16.5. The molecule has 1 aromatic rings. The van der Waals surface area contributed by atoms with Crippen molar-refractivity contribution in [3.05, 3.63) is 24.3 Å². The lowest BCUT2D eigenvalue weighted by Crippen LogP contribution is -2.44. The monoisotopic (exact) mass is 281 g/mol. The van der Waals surface area contributed by atoms with Crippen molar-refractivity contribution in [1.29, 1.82) is 0 Å². The van der Waals surface area contributed by atoms with Crippen LogP contribution in [0.1, 0.15) is 13.8 Å². The Balaban J connectivity index is 2.64. The molecule has 110 valence electrons. The molecule has 0 saturated heterocycles. The lowest BCUT2D eigenvalue weighted by molar-refractivity contribution is -0.145. The lowest BCUT2D eigenvalue weighted by atomic mass is 10.3. The maximum Gasteiger partial charge on any atom is 0.331 e. The van der Waals surface area contributed by atoms with Gasteiger partial charge in [-0.15, -0.1) is 0 Å². The molecule has 1 amide bonds. The number of amides is 1. The van der Waals surface area contributed by atoms with Crippen molar-refractivity contribution < 1.29 is 23.8 Å². The van der Waals surface area contributed by atoms with E-state index >= 15 is 0 Å². The van der Waals surface area contributed by atoms with E-state index in [4.69, 9.17) is 9.47 Å². The van der Waals surface area contributed by atoms with Crippen LogP contribution in [-0.4, -0.2) is 38.2 Å². The third-order valence-electron chi connectivity index (χ3n) is 2.40. The van der Waals surface area contributed by atoms with Gasteiger partial charge in [0.2, 0.25) is 5.91 Å². The zero-order valence-corrected chi connectivity index (χ0v) is 11.8. The molecular formula is C14H19NO5. The highest BCUT2D eigenvalue weighted by Gasteiger charge is 2.20. The summed E-state index contributed by atoms with van der Waals surface area (Å²) in [5.41, 5.74) is 0. The SMILES string of the molecule is CCOc1cccc(OCC(NC(C)=O)C(=O)OC)c1. The number of hydrogen-bond donors (Lipinski definition) is 1. The number of carbonyl (C=O) groups excluding carboxylic acids is 2. The quantitative estimate of drug-likeness (QED) is 0.759. The van der Waals surface area contributed by atoms with Gasteiger partial charge >= 0.3 is 5.97 Å². The number of ether oxygens (including phenoxy) is 3. The second-order valence-electron chi connectivity index (χ2n) is 4.00. The maximum absolute atomic E-state index is 11.5. The summed E-state index contributed by atoms with van der Waals surface area (Å²) in [5, 5.41) is 2.47. The summed E-state index contributed by atoms with van der Waals surface area (Å²) in [6.45, 7) is 3.76. The van der Waals surface area contributed by atoms with Gasteiger partial charge in [0, 0.05) is 13.0 Å². The van der Waals surface area contributed by atoms with Gasteiger partial charge in [0.25, 0.3) is 0 Å². The molecule has 0 aliphatic carbocycles. The molecule has 0 heterocycles. The van der Waals surface area contributed by atoms with E-state index in [2.05, 4.69) is 10.1 Å². The number of rotatable bonds is 7. The molecule has 1 aromatic carbocycles. The molecule has 0 bridgehead atoms. The zero-order valence-electron chi connectivity index (χ0n) is 11.8. The fourth-order valence-corrected chi connectivity index (χ4v) is 1.56. The zero-order chi connectivity index (χ0) is 15.0. The first kappa shape index (κ1) is 15.8. The summed E-state index contributed by atoms with van der Waals surface area (Å²) in [5.74, 6) is 0.350. The summed E-state index contributed by atoms with van der Waals surface area (Å²) in [6.07, 6.45) is 0. The van der Waals surface area contributed by atoms with Crippen LogP contribution in [0.3, 0.4) is 0 Å². The smallest absolute Gasteiger partial charge is 0.331 e. The molecule has 0 fully saturated rings. The Morgan fingerprint density at radius 1 is 1.25 bits per heavy atom. The van der Waals surface area contributed by atoms with Crippen LogP contribution < -0.4 is 14.8 Å². The molecule has 6 nitrogen and oxygen atoms in total. The Morgan fingerprint density at radius 2 is 1.90 bits per heavy atom. The molecule has 1 unspecified atom stereocenters. The minimum Gasteiger partial charge on any atom is -0.494 e. The number of esters is 1. The third-order valence-corrected chi connectivity index (χ3v) is 2.40. The van der Waals surface area contributed by atoms with Gasteiger partial charge in [-0.25, -0.2) is 4.79 Å². The second-order valence-corrected chi connectivity index (χ2v) is 4.00. The Bertz CT molecular complexity index is 461. The van der Waals surface area contributed by atoms with Crippen LogP contribution in [0.4, 0.5) is 0 Å². The van der Waals surface area contributed by atoms with Crippen molar-refractivity contribution in [2.75, 3.05) is 20.3 Å². The molecule has 0 spiro atoms. The number of nitrogens with one attached hydrogen (secondary N) is 1. The molecule has 1 rings (SSSR count). The van der Waals surface area contributed by atoms with Gasteiger partial charge in [-0.05, 0) is 19.1 Å². The van der Waals surface area contributed by atoms with Crippen LogP contribution in [-0.2, 0) is 14.3 Å². The fraction of sp³-hybridized carbons (Fsp3) is 0.429. The minimum atomic E-state index is -0.840. The van der Waals surface area contributed by atoms with Gasteiger partial charge in [-0.3, -0.25) is 4.79 Å².